The van der Waals surface area contributed by atoms with Gasteiger partial charge in [0.1, 0.15) is 0 Å². The number of urea groups is 1. The van der Waals surface area contributed by atoms with Gasteiger partial charge in [0.05, 0.1) is 4.90 Å². The van der Waals surface area contributed by atoms with Gasteiger partial charge in [0.2, 0.25) is 10.0 Å². The highest BCUT2D eigenvalue weighted by molar-refractivity contribution is 7.89. The monoisotopic (exact) mass is 492 g/mol. The molecule has 2 aromatic carbocycles. The van der Waals surface area contributed by atoms with Crippen LogP contribution in [0.25, 0.3) is 0 Å². The van der Waals surface area contributed by atoms with Crippen molar-refractivity contribution in [1.29, 1.82) is 0 Å². The third-order valence-electron chi connectivity index (χ3n) is 5.65. The molecule has 0 radical (unpaired) electrons. The van der Waals surface area contributed by atoms with Crippen molar-refractivity contribution < 1.29 is 18.0 Å². The van der Waals surface area contributed by atoms with E-state index in [0.717, 1.165) is 0 Å². The molecule has 0 unspecified atom stereocenters. The highest BCUT2D eigenvalue weighted by atomic mass is 35.5. The predicted octanol–water partition coefficient (Wildman–Crippen LogP) is 3.75. The van der Waals surface area contributed by atoms with E-state index in [0.29, 0.717) is 48.9 Å². The summed E-state index contributed by atoms with van der Waals surface area (Å²) in [7, 11) is -2.08. The molecule has 0 spiro atoms. The molecule has 1 heterocycles. The predicted molar refractivity (Wildman–Crippen MR) is 129 cm³/mol. The number of sulfonamides is 1. The zero-order chi connectivity index (χ0) is 24.2. The lowest BCUT2D eigenvalue weighted by Crippen LogP contribution is -2.39. The smallest absolute Gasteiger partial charge is 0.321 e. The molecular weight excluding hydrogens is 464 g/mol. The molecule has 1 N–H and O–H groups in total. The van der Waals surface area contributed by atoms with Crippen LogP contribution < -0.4 is 5.32 Å². The minimum Gasteiger partial charge on any atom is -0.337 e. The van der Waals surface area contributed by atoms with Crippen LogP contribution in [0, 0.1) is 0 Å². The van der Waals surface area contributed by atoms with Crippen LogP contribution in [0.5, 0.6) is 0 Å². The number of amides is 3. The van der Waals surface area contributed by atoms with Gasteiger partial charge in [-0.25, -0.2) is 13.2 Å². The largest absolute Gasteiger partial charge is 0.337 e. The number of rotatable bonds is 5. The van der Waals surface area contributed by atoms with E-state index in [1.807, 2.05) is 0 Å². The Morgan fingerprint density at radius 2 is 1.64 bits per heavy atom. The summed E-state index contributed by atoms with van der Waals surface area (Å²) in [6, 6.07) is 12.5. The highest BCUT2D eigenvalue weighted by Crippen LogP contribution is 2.19. The van der Waals surface area contributed by atoms with E-state index >= 15 is 0 Å². The Labute approximate surface area is 200 Å². The van der Waals surface area contributed by atoms with Crippen LogP contribution in [0.2, 0.25) is 5.02 Å². The molecule has 178 valence electrons. The SMILES string of the molecule is CC(C)N(C)S(=O)(=O)c1ccc(C(=O)N2CCCN(C(=O)Nc3cccc(Cl)c3)CC2)cc1. The molecule has 2 aromatic rings. The standard InChI is InChI=1S/C23H29ClN4O4S/c1-17(2)26(3)33(31,32)21-10-8-18(9-11-21)22(29)27-12-5-13-28(15-14-27)23(30)25-20-7-4-6-19(24)16-20/h4,6-11,16-17H,5,12-15H2,1-3H3,(H,25,30). The zero-order valence-corrected chi connectivity index (χ0v) is 20.6. The maximum Gasteiger partial charge on any atom is 0.321 e. The highest BCUT2D eigenvalue weighted by Gasteiger charge is 2.25. The first-order valence-electron chi connectivity index (χ1n) is 10.8. The fourth-order valence-corrected chi connectivity index (χ4v) is 5.05. The molecule has 0 bridgehead atoms. The molecule has 0 saturated carbocycles. The fraction of sp³-hybridized carbons (Fsp3) is 0.391. The number of nitrogens with one attached hydrogen (secondary N) is 1. The molecule has 0 aliphatic carbocycles. The summed E-state index contributed by atoms with van der Waals surface area (Å²) in [4.78, 5) is 29.1. The quantitative estimate of drug-likeness (QED) is 0.688. The van der Waals surface area contributed by atoms with E-state index in [1.165, 1.54) is 35.6 Å². The molecule has 1 aliphatic heterocycles. The van der Waals surface area contributed by atoms with E-state index < -0.39 is 10.0 Å². The Morgan fingerprint density at radius 3 is 2.27 bits per heavy atom. The molecular formula is C23H29ClN4O4S. The number of carbonyl (C=O) groups is 2. The van der Waals surface area contributed by atoms with Gasteiger partial charge in [-0.05, 0) is 62.7 Å². The summed E-state index contributed by atoms with van der Waals surface area (Å²) >= 11 is 5.97. The van der Waals surface area contributed by atoms with Gasteiger partial charge in [-0.2, -0.15) is 4.31 Å². The van der Waals surface area contributed by atoms with E-state index in [9.17, 15) is 18.0 Å². The molecule has 0 aromatic heterocycles. The number of anilines is 1. The van der Waals surface area contributed by atoms with Gasteiger partial charge in [-0.1, -0.05) is 17.7 Å². The fourth-order valence-electron chi connectivity index (χ4n) is 3.49. The lowest BCUT2D eigenvalue weighted by Gasteiger charge is -2.23. The van der Waals surface area contributed by atoms with E-state index in [2.05, 4.69) is 5.32 Å². The summed E-state index contributed by atoms with van der Waals surface area (Å²) in [5.74, 6) is -0.187. The minimum atomic E-state index is -3.61. The molecule has 0 atom stereocenters. The van der Waals surface area contributed by atoms with Crippen LogP contribution in [0.3, 0.4) is 0 Å². The number of nitrogens with zero attached hydrogens (tertiary/aromatic N) is 3. The summed E-state index contributed by atoms with van der Waals surface area (Å²) < 4.78 is 26.6. The number of halogens is 1. The van der Waals surface area contributed by atoms with Crippen molar-refractivity contribution in [3.05, 3.63) is 59.1 Å². The zero-order valence-electron chi connectivity index (χ0n) is 19.0. The molecule has 1 aliphatic rings. The normalized spacial score (nSPS) is 15.0. The maximum absolute atomic E-state index is 13.0. The van der Waals surface area contributed by atoms with E-state index in [4.69, 9.17) is 11.6 Å². The van der Waals surface area contributed by atoms with Crippen molar-refractivity contribution in [3.63, 3.8) is 0 Å². The van der Waals surface area contributed by atoms with Crippen LogP contribution >= 0.6 is 11.6 Å². The molecule has 10 heteroatoms. The molecule has 3 rings (SSSR count). The van der Waals surface area contributed by atoms with Crippen LogP contribution in [0.4, 0.5) is 10.5 Å². The topological polar surface area (TPSA) is 90.0 Å². The van der Waals surface area contributed by atoms with Crippen molar-refractivity contribution in [2.45, 2.75) is 31.2 Å². The summed E-state index contributed by atoms with van der Waals surface area (Å²) in [5, 5.41) is 3.37. The molecule has 33 heavy (non-hydrogen) atoms. The lowest BCUT2D eigenvalue weighted by molar-refractivity contribution is 0.0762. The third-order valence-corrected chi connectivity index (χ3v) is 7.93. The van der Waals surface area contributed by atoms with Crippen molar-refractivity contribution in [1.82, 2.24) is 14.1 Å². The Bertz CT molecular complexity index is 1110. The number of hydrogen-bond donors (Lipinski definition) is 1. The Morgan fingerprint density at radius 1 is 1.00 bits per heavy atom. The summed E-state index contributed by atoms with van der Waals surface area (Å²) in [6.45, 7) is 5.41. The Kier molecular flexibility index (Phi) is 7.99. The first-order chi connectivity index (χ1) is 15.6. The van der Waals surface area contributed by atoms with Crippen LogP contribution in [0.1, 0.15) is 30.6 Å². The Hall–Kier alpha value is -2.62. The first-order valence-corrected chi connectivity index (χ1v) is 12.6. The van der Waals surface area contributed by atoms with E-state index in [-0.39, 0.29) is 22.9 Å². The van der Waals surface area contributed by atoms with Crippen molar-refractivity contribution in [2.75, 3.05) is 38.5 Å². The van der Waals surface area contributed by atoms with Gasteiger partial charge in [-0.15, -0.1) is 0 Å². The molecule has 3 amide bonds. The van der Waals surface area contributed by atoms with Crippen molar-refractivity contribution in [3.8, 4) is 0 Å². The van der Waals surface area contributed by atoms with Crippen LogP contribution in [-0.2, 0) is 10.0 Å². The van der Waals surface area contributed by atoms with Gasteiger partial charge >= 0.3 is 6.03 Å². The summed E-state index contributed by atoms with van der Waals surface area (Å²) in [5.41, 5.74) is 1.03. The van der Waals surface area contributed by atoms with E-state index in [1.54, 1.807) is 47.9 Å². The average Bonchev–Trinajstić information content (AvgIpc) is 3.04. The Balaban J connectivity index is 1.63. The van der Waals surface area contributed by atoms with Gasteiger partial charge in [-0.3, -0.25) is 4.79 Å². The second-order valence-corrected chi connectivity index (χ2v) is 10.6. The second-order valence-electron chi connectivity index (χ2n) is 8.21. The minimum absolute atomic E-state index is 0.148. The molecule has 1 fully saturated rings. The second kappa shape index (κ2) is 10.5. The van der Waals surface area contributed by atoms with Gasteiger partial charge in [0.25, 0.3) is 5.91 Å². The first kappa shape index (κ1) is 25.0. The summed E-state index contributed by atoms with van der Waals surface area (Å²) in [6.07, 6.45) is 0.639. The molecule has 1 saturated heterocycles. The van der Waals surface area contributed by atoms with Gasteiger partial charge in [0, 0.05) is 55.5 Å². The lowest BCUT2D eigenvalue weighted by atomic mass is 10.2. The van der Waals surface area contributed by atoms with Crippen LogP contribution in [0.15, 0.2) is 53.4 Å². The van der Waals surface area contributed by atoms with Crippen molar-refractivity contribution in [2.24, 2.45) is 0 Å². The number of carbonyl (C=O) groups excluding carboxylic acids is 2. The number of hydrogen-bond acceptors (Lipinski definition) is 4. The maximum atomic E-state index is 13.0. The molecule has 8 nitrogen and oxygen atoms in total. The number of benzene rings is 2. The average molecular weight is 493 g/mol. The third kappa shape index (κ3) is 6.04. The van der Waals surface area contributed by atoms with Gasteiger partial charge in [0.15, 0.2) is 0 Å². The van der Waals surface area contributed by atoms with Gasteiger partial charge < -0.3 is 15.1 Å². The van der Waals surface area contributed by atoms with Crippen LogP contribution in [-0.4, -0.2) is 73.7 Å². The van der Waals surface area contributed by atoms with Crippen molar-refractivity contribution >= 4 is 39.2 Å².